The summed E-state index contributed by atoms with van der Waals surface area (Å²) in [7, 11) is 0. The van der Waals surface area contributed by atoms with E-state index in [0.717, 1.165) is 0 Å². The number of Topliss-reactive ketones (excluding diaryl/α,β-unsaturated/α-hetero) is 1. The number of hydrogen-bond acceptors (Lipinski definition) is 7. The lowest BCUT2D eigenvalue weighted by Gasteiger charge is -2.35. The zero-order valence-corrected chi connectivity index (χ0v) is 16.5. The second kappa shape index (κ2) is 8.03. The second-order valence-electron chi connectivity index (χ2n) is 7.31. The molecule has 9 nitrogen and oxygen atoms in total. The molecule has 3 aromatic rings. The van der Waals surface area contributed by atoms with E-state index >= 15 is 0 Å². The Labute approximate surface area is 172 Å². The molecular formula is C21H21N5O4. The first kappa shape index (κ1) is 19.7. The molecule has 1 aliphatic heterocycles. The smallest absolute Gasteiger partial charge is 0.293 e. The number of nitro benzene ring substituents is 1. The van der Waals surface area contributed by atoms with Crippen LogP contribution in [0.25, 0.3) is 10.9 Å². The first-order valence-corrected chi connectivity index (χ1v) is 9.67. The largest absolute Gasteiger partial charge is 0.363 e. The van der Waals surface area contributed by atoms with Crippen LogP contribution in [0, 0.1) is 10.1 Å². The summed E-state index contributed by atoms with van der Waals surface area (Å²) in [6.45, 7) is 4.42. The van der Waals surface area contributed by atoms with Gasteiger partial charge in [0.2, 0.25) is 0 Å². The number of hydrogen-bond donors (Lipinski definition) is 1. The zero-order valence-electron chi connectivity index (χ0n) is 16.5. The van der Waals surface area contributed by atoms with Crippen molar-refractivity contribution in [3.8, 4) is 0 Å². The maximum atomic E-state index is 12.2. The molecule has 1 saturated heterocycles. The van der Waals surface area contributed by atoms with Crippen molar-refractivity contribution in [1.82, 2.24) is 14.9 Å². The summed E-state index contributed by atoms with van der Waals surface area (Å²) >= 11 is 0. The van der Waals surface area contributed by atoms with Crippen molar-refractivity contribution in [2.75, 3.05) is 31.1 Å². The number of piperazine rings is 1. The number of para-hydroxylation sites is 1. The van der Waals surface area contributed by atoms with E-state index in [1.165, 1.54) is 13.0 Å². The van der Waals surface area contributed by atoms with Crippen LogP contribution in [0.15, 0.2) is 47.3 Å². The molecule has 1 fully saturated rings. The number of nitrogens with zero attached hydrogens (tertiary/aromatic N) is 4. The molecule has 1 N–H and O–H groups in total. The minimum Gasteiger partial charge on any atom is -0.363 e. The molecule has 0 saturated carbocycles. The maximum absolute atomic E-state index is 12.2. The van der Waals surface area contributed by atoms with E-state index in [1.807, 2.05) is 17.0 Å². The number of ketones is 1. The Hall–Kier alpha value is -3.59. The molecule has 1 aliphatic rings. The third-order valence-electron chi connectivity index (χ3n) is 5.33. The zero-order chi connectivity index (χ0) is 21.3. The van der Waals surface area contributed by atoms with Gasteiger partial charge in [0, 0.05) is 37.8 Å². The number of nitrogens with one attached hydrogen (secondary N) is 1. The topological polar surface area (TPSA) is 112 Å². The Morgan fingerprint density at radius 3 is 2.60 bits per heavy atom. The van der Waals surface area contributed by atoms with E-state index in [0.29, 0.717) is 60.7 Å². The van der Waals surface area contributed by atoms with Gasteiger partial charge in [-0.05, 0) is 31.2 Å². The molecule has 2 heterocycles. The average Bonchev–Trinajstić information content (AvgIpc) is 2.74. The quantitative estimate of drug-likeness (QED) is 0.392. The maximum Gasteiger partial charge on any atom is 0.293 e. The van der Waals surface area contributed by atoms with Gasteiger partial charge >= 0.3 is 0 Å². The van der Waals surface area contributed by atoms with Gasteiger partial charge in [-0.3, -0.25) is 24.6 Å². The highest BCUT2D eigenvalue weighted by Gasteiger charge is 2.25. The highest BCUT2D eigenvalue weighted by Crippen LogP contribution is 2.30. The van der Waals surface area contributed by atoms with E-state index in [2.05, 4.69) is 14.9 Å². The number of benzene rings is 2. The fraction of sp³-hybridized carbons (Fsp3) is 0.286. The summed E-state index contributed by atoms with van der Waals surface area (Å²) in [5.41, 5.74) is 1.29. The van der Waals surface area contributed by atoms with Crippen LogP contribution >= 0.6 is 0 Å². The Morgan fingerprint density at radius 1 is 1.17 bits per heavy atom. The van der Waals surface area contributed by atoms with E-state index in [9.17, 15) is 19.7 Å². The molecule has 154 valence electrons. The highest BCUT2D eigenvalue weighted by molar-refractivity contribution is 5.95. The van der Waals surface area contributed by atoms with Crippen molar-refractivity contribution in [2.24, 2.45) is 0 Å². The predicted octanol–water partition coefficient (Wildman–Crippen LogP) is 2.36. The second-order valence-corrected chi connectivity index (χ2v) is 7.31. The SMILES string of the molecule is CC(=O)c1ccc(N2CCN(Cc3nc4ccccc4c(=O)[nH]3)CC2)c([N+](=O)[O-])c1. The van der Waals surface area contributed by atoms with Gasteiger partial charge < -0.3 is 9.88 Å². The number of rotatable bonds is 5. The summed E-state index contributed by atoms with van der Waals surface area (Å²) in [6, 6.07) is 11.8. The number of aromatic nitrogens is 2. The Kier molecular flexibility index (Phi) is 5.28. The molecule has 0 bridgehead atoms. The van der Waals surface area contributed by atoms with Crippen molar-refractivity contribution in [2.45, 2.75) is 13.5 Å². The average molecular weight is 407 g/mol. The molecule has 4 rings (SSSR count). The van der Waals surface area contributed by atoms with Gasteiger partial charge in [-0.25, -0.2) is 4.98 Å². The van der Waals surface area contributed by atoms with Crippen LogP contribution < -0.4 is 10.5 Å². The molecule has 0 radical (unpaired) electrons. The number of anilines is 1. The molecule has 0 amide bonds. The van der Waals surface area contributed by atoms with E-state index in [4.69, 9.17) is 0 Å². The van der Waals surface area contributed by atoms with Crippen molar-refractivity contribution in [3.63, 3.8) is 0 Å². The fourth-order valence-corrected chi connectivity index (χ4v) is 3.72. The number of H-pyrrole nitrogens is 1. The van der Waals surface area contributed by atoms with Crippen LogP contribution in [0.3, 0.4) is 0 Å². The Morgan fingerprint density at radius 2 is 1.90 bits per heavy atom. The minimum absolute atomic E-state index is 0.0586. The van der Waals surface area contributed by atoms with Crippen LogP contribution in [0.2, 0.25) is 0 Å². The highest BCUT2D eigenvalue weighted by atomic mass is 16.6. The van der Waals surface area contributed by atoms with Gasteiger partial charge in [-0.1, -0.05) is 12.1 Å². The third kappa shape index (κ3) is 3.92. The molecule has 0 spiro atoms. The fourth-order valence-electron chi connectivity index (χ4n) is 3.72. The summed E-state index contributed by atoms with van der Waals surface area (Å²) in [5, 5.41) is 12.1. The lowest BCUT2D eigenvalue weighted by molar-refractivity contribution is -0.384. The van der Waals surface area contributed by atoms with Gasteiger partial charge in [0.1, 0.15) is 11.5 Å². The standard InChI is InChI=1S/C21H21N5O4/c1-14(27)15-6-7-18(19(12-15)26(29)30)25-10-8-24(9-11-25)13-20-22-17-5-3-2-4-16(17)21(28)23-20/h2-7,12H,8-11,13H2,1H3,(H,22,23,28). The van der Waals surface area contributed by atoms with Crippen LogP contribution in [0.5, 0.6) is 0 Å². The lowest BCUT2D eigenvalue weighted by Crippen LogP contribution is -2.46. The predicted molar refractivity (Wildman–Crippen MR) is 113 cm³/mol. The summed E-state index contributed by atoms with van der Waals surface area (Å²) in [5.74, 6) is 0.398. The monoisotopic (exact) mass is 407 g/mol. The lowest BCUT2D eigenvalue weighted by atomic mass is 10.1. The molecular weight excluding hydrogens is 386 g/mol. The van der Waals surface area contributed by atoms with Gasteiger partial charge in [0.25, 0.3) is 11.2 Å². The summed E-state index contributed by atoms with van der Waals surface area (Å²) in [6.07, 6.45) is 0. The van der Waals surface area contributed by atoms with E-state index in [-0.39, 0.29) is 17.0 Å². The summed E-state index contributed by atoms with van der Waals surface area (Å²) in [4.78, 5) is 46.3. The number of carbonyl (C=O) groups excluding carboxylic acids is 1. The molecule has 30 heavy (non-hydrogen) atoms. The number of fused-ring (bicyclic) bond motifs is 1. The Balaban J connectivity index is 1.48. The molecule has 9 heteroatoms. The number of aromatic amines is 1. The summed E-state index contributed by atoms with van der Waals surface area (Å²) < 4.78 is 0. The van der Waals surface area contributed by atoms with Crippen molar-refractivity contribution < 1.29 is 9.72 Å². The first-order valence-electron chi connectivity index (χ1n) is 9.67. The minimum atomic E-state index is -0.447. The molecule has 0 atom stereocenters. The van der Waals surface area contributed by atoms with Gasteiger partial charge in [0.15, 0.2) is 5.78 Å². The van der Waals surface area contributed by atoms with E-state index in [1.54, 1.807) is 24.3 Å². The first-order chi connectivity index (χ1) is 14.4. The van der Waals surface area contributed by atoms with Gasteiger partial charge in [-0.2, -0.15) is 0 Å². The molecule has 2 aromatic carbocycles. The van der Waals surface area contributed by atoms with Gasteiger partial charge in [0.05, 0.1) is 22.4 Å². The van der Waals surface area contributed by atoms with Gasteiger partial charge in [-0.15, -0.1) is 0 Å². The molecule has 0 aliphatic carbocycles. The van der Waals surface area contributed by atoms with Crippen LogP contribution in [-0.2, 0) is 6.54 Å². The van der Waals surface area contributed by atoms with Crippen LogP contribution in [-0.4, -0.2) is 51.8 Å². The molecule has 1 aromatic heterocycles. The normalized spacial score (nSPS) is 14.8. The van der Waals surface area contributed by atoms with Crippen LogP contribution in [0.4, 0.5) is 11.4 Å². The Bertz CT molecular complexity index is 1180. The van der Waals surface area contributed by atoms with Crippen molar-refractivity contribution in [3.05, 3.63) is 74.3 Å². The van der Waals surface area contributed by atoms with Crippen LogP contribution in [0.1, 0.15) is 23.1 Å². The van der Waals surface area contributed by atoms with E-state index < -0.39 is 4.92 Å². The van der Waals surface area contributed by atoms with Crippen molar-refractivity contribution >= 4 is 28.1 Å². The molecule has 0 unspecified atom stereocenters. The van der Waals surface area contributed by atoms with Crippen molar-refractivity contribution in [1.29, 1.82) is 0 Å². The third-order valence-corrected chi connectivity index (χ3v) is 5.33. The number of carbonyl (C=O) groups is 1. The number of nitro groups is 1.